The minimum atomic E-state index is 0.153. The molecule has 0 radical (unpaired) electrons. The Kier molecular flexibility index (Phi) is 5.47. The highest BCUT2D eigenvalue weighted by molar-refractivity contribution is 9.10. The van der Waals surface area contributed by atoms with Gasteiger partial charge in [-0.2, -0.15) is 0 Å². The van der Waals surface area contributed by atoms with Gasteiger partial charge in [0.05, 0.1) is 16.8 Å². The Morgan fingerprint density at radius 1 is 1.18 bits per heavy atom. The first kappa shape index (κ1) is 19.1. The SMILES string of the molecule is CN(C)CCc1ccc(Nc2c(C(=O)C3CC3)cnc3ccc(Br)cc23)cc1. The van der Waals surface area contributed by atoms with Gasteiger partial charge in [-0.1, -0.05) is 28.1 Å². The van der Waals surface area contributed by atoms with Crippen molar-refractivity contribution >= 4 is 44.0 Å². The zero-order valence-corrected chi connectivity index (χ0v) is 17.8. The van der Waals surface area contributed by atoms with Crippen molar-refractivity contribution in [2.24, 2.45) is 5.92 Å². The van der Waals surface area contributed by atoms with Crippen molar-refractivity contribution in [2.45, 2.75) is 19.3 Å². The van der Waals surface area contributed by atoms with Crippen LogP contribution in [0.1, 0.15) is 28.8 Å². The van der Waals surface area contributed by atoms with Crippen molar-refractivity contribution < 1.29 is 4.79 Å². The van der Waals surface area contributed by atoms with Gasteiger partial charge in [-0.15, -0.1) is 0 Å². The molecule has 5 heteroatoms. The van der Waals surface area contributed by atoms with Crippen molar-refractivity contribution in [3.05, 3.63) is 64.3 Å². The van der Waals surface area contributed by atoms with Gasteiger partial charge in [0, 0.05) is 34.2 Å². The third kappa shape index (κ3) is 4.26. The fraction of sp³-hybridized carbons (Fsp3) is 0.304. The maximum atomic E-state index is 12.9. The summed E-state index contributed by atoms with van der Waals surface area (Å²) >= 11 is 3.55. The summed E-state index contributed by atoms with van der Waals surface area (Å²) in [6, 6.07) is 14.4. The van der Waals surface area contributed by atoms with E-state index in [0.29, 0.717) is 5.56 Å². The van der Waals surface area contributed by atoms with Crippen molar-refractivity contribution in [3.8, 4) is 0 Å². The molecule has 1 aliphatic rings. The molecule has 2 aromatic carbocycles. The smallest absolute Gasteiger partial charge is 0.169 e. The molecule has 0 unspecified atom stereocenters. The topological polar surface area (TPSA) is 45.2 Å². The zero-order chi connectivity index (χ0) is 19.7. The fourth-order valence-electron chi connectivity index (χ4n) is 3.30. The second kappa shape index (κ2) is 8.02. The van der Waals surface area contributed by atoms with Crippen LogP contribution in [0, 0.1) is 5.92 Å². The van der Waals surface area contributed by atoms with Crippen LogP contribution >= 0.6 is 15.9 Å². The Morgan fingerprint density at radius 2 is 1.93 bits per heavy atom. The van der Waals surface area contributed by atoms with Crippen LogP contribution in [0.2, 0.25) is 0 Å². The number of aromatic nitrogens is 1. The summed E-state index contributed by atoms with van der Waals surface area (Å²) in [4.78, 5) is 19.6. The van der Waals surface area contributed by atoms with Gasteiger partial charge in [0.15, 0.2) is 5.78 Å². The minimum absolute atomic E-state index is 0.153. The van der Waals surface area contributed by atoms with Gasteiger partial charge < -0.3 is 10.2 Å². The average Bonchev–Trinajstić information content (AvgIpc) is 3.52. The summed E-state index contributed by atoms with van der Waals surface area (Å²) in [6.07, 6.45) is 4.71. The number of benzene rings is 2. The summed E-state index contributed by atoms with van der Waals surface area (Å²) in [5.74, 6) is 0.347. The molecule has 1 N–H and O–H groups in total. The maximum absolute atomic E-state index is 12.9. The lowest BCUT2D eigenvalue weighted by atomic mass is 10.0. The standard InChI is InChI=1S/C23H24BrN3O/c1-27(2)12-11-15-3-8-18(9-4-15)26-22-19-13-17(24)7-10-21(19)25-14-20(22)23(28)16-5-6-16/h3-4,7-10,13-14,16H,5-6,11-12H2,1-2H3,(H,25,26). The Bertz CT molecular complexity index is 1010. The quantitative estimate of drug-likeness (QED) is 0.499. The lowest BCUT2D eigenvalue weighted by Crippen LogP contribution is -2.14. The molecule has 4 rings (SSSR count). The van der Waals surface area contributed by atoms with Crippen molar-refractivity contribution in [1.29, 1.82) is 0 Å². The number of nitrogens with one attached hydrogen (secondary N) is 1. The van der Waals surface area contributed by atoms with Crippen molar-refractivity contribution in [3.63, 3.8) is 0 Å². The van der Waals surface area contributed by atoms with Crippen molar-refractivity contribution in [1.82, 2.24) is 9.88 Å². The highest BCUT2D eigenvalue weighted by atomic mass is 79.9. The molecule has 0 bridgehead atoms. The molecule has 144 valence electrons. The first-order valence-electron chi connectivity index (χ1n) is 9.64. The predicted molar refractivity (Wildman–Crippen MR) is 118 cm³/mol. The number of ketones is 1. The highest BCUT2D eigenvalue weighted by Gasteiger charge is 2.32. The van der Waals surface area contributed by atoms with Gasteiger partial charge >= 0.3 is 0 Å². The van der Waals surface area contributed by atoms with E-state index in [9.17, 15) is 4.79 Å². The Balaban J connectivity index is 1.69. The lowest BCUT2D eigenvalue weighted by molar-refractivity contribution is 0.0968. The first-order valence-corrected chi connectivity index (χ1v) is 10.4. The number of halogens is 1. The second-order valence-corrected chi connectivity index (χ2v) is 8.64. The molecule has 0 amide bonds. The Hall–Kier alpha value is -2.24. The number of hydrogen-bond donors (Lipinski definition) is 1. The number of pyridine rings is 1. The summed E-state index contributed by atoms with van der Waals surface area (Å²) in [7, 11) is 4.17. The normalized spacial score (nSPS) is 13.9. The van der Waals surface area contributed by atoms with Crippen LogP contribution in [-0.4, -0.2) is 36.3 Å². The number of carbonyl (C=O) groups excluding carboxylic acids is 1. The van der Waals surface area contributed by atoms with Crippen LogP contribution in [0.25, 0.3) is 10.9 Å². The molecule has 1 aliphatic carbocycles. The monoisotopic (exact) mass is 437 g/mol. The first-order chi connectivity index (χ1) is 13.5. The van der Waals surface area contributed by atoms with Gasteiger partial charge in [-0.25, -0.2) is 0 Å². The molecule has 1 heterocycles. The molecule has 0 spiro atoms. The van der Waals surface area contributed by atoms with Gasteiger partial charge in [0.25, 0.3) is 0 Å². The van der Waals surface area contributed by atoms with E-state index in [1.165, 1.54) is 5.56 Å². The van der Waals surface area contributed by atoms with E-state index in [0.717, 1.165) is 52.6 Å². The summed E-state index contributed by atoms with van der Waals surface area (Å²) in [5, 5.41) is 4.46. The van der Waals surface area contributed by atoms with E-state index in [1.807, 2.05) is 18.2 Å². The third-order valence-electron chi connectivity index (χ3n) is 5.11. The summed E-state index contributed by atoms with van der Waals surface area (Å²) < 4.78 is 0.972. The van der Waals surface area contributed by atoms with Gasteiger partial charge in [-0.05, 0) is 69.3 Å². The van der Waals surface area contributed by atoms with Crippen LogP contribution in [0.4, 0.5) is 11.4 Å². The summed E-state index contributed by atoms with van der Waals surface area (Å²) in [5.41, 5.74) is 4.69. The molecule has 0 saturated heterocycles. The molecule has 0 atom stereocenters. The van der Waals surface area contributed by atoms with Crippen LogP contribution in [0.3, 0.4) is 0 Å². The van der Waals surface area contributed by atoms with Crippen LogP contribution in [-0.2, 0) is 6.42 Å². The number of rotatable bonds is 7. The van der Waals surface area contributed by atoms with Gasteiger partial charge in [0.2, 0.25) is 0 Å². The number of carbonyl (C=O) groups is 1. The number of hydrogen-bond acceptors (Lipinski definition) is 4. The van der Waals surface area contributed by atoms with E-state index in [1.54, 1.807) is 6.20 Å². The second-order valence-electron chi connectivity index (χ2n) is 7.72. The number of nitrogens with zero attached hydrogens (tertiary/aromatic N) is 2. The molecular formula is C23H24BrN3O. The number of anilines is 2. The predicted octanol–water partition coefficient (Wildman–Crippen LogP) is 5.44. The Labute approximate surface area is 174 Å². The maximum Gasteiger partial charge on any atom is 0.169 e. The van der Waals surface area contributed by atoms with E-state index in [4.69, 9.17) is 0 Å². The fourth-order valence-corrected chi connectivity index (χ4v) is 3.66. The van der Waals surface area contributed by atoms with E-state index < -0.39 is 0 Å². The number of likely N-dealkylation sites (N-methyl/N-ethyl adjacent to an activating group) is 1. The highest BCUT2D eigenvalue weighted by Crippen LogP contribution is 2.38. The molecule has 1 saturated carbocycles. The van der Waals surface area contributed by atoms with Crippen LogP contribution in [0.5, 0.6) is 0 Å². The summed E-state index contributed by atoms with van der Waals surface area (Å²) in [6.45, 7) is 1.02. The molecule has 4 nitrogen and oxygen atoms in total. The molecule has 3 aromatic rings. The average molecular weight is 438 g/mol. The molecule has 1 fully saturated rings. The van der Waals surface area contributed by atoms with E-state index in [-0.39, 0.29) is 11.7 Å². The molecule has 1 aromatic heterocycles. The van der Waals surface area contributed by atoms with Crippen LogP contribution in [0.15, 0.2) is 53.1 Å². The third-order valence-corrected chi connectivity index (χ3v) is 5.61. The Morgan fingerprint density at radius 3 is 2.61 bits per heavy atom. The van der Waals surface area contributed by atoms with Gasteiger partial charge in [0.1, 0.15) is 0 Å². The lowest BCUT2D eigenvalue weighted by Gasteiger charge is -2.15. The van der Waals surface area contributed by atoms with E-state index >= 15 is 0 Å². The molecule has 28 heavy (non-hydrogen) atoms. The number of fused-ring (bicyclic) bond motifs is 1. The number of Topliss-reactive ketones (excluding diaryl/α,β-unsaturated/α-hetero) is 1. The molecular weight excluding hydrogens is 414 g/mol. The van der Waals surface area contributed by atoms with Crippen molar-refractivity contribution in [2.75, 3.05) is 26.0 Å². The van der Waals surface area contributed by atoms with Gasteiger partial charge in [-0.3, -0.25) is 9.78 Å². The zero-order valence-electron chi connectivity index (χ0n) is 16.2. The van der Waals surface area contributed by atoms with Crippen LogP contribution < -0.4 is 5.32 Å². The largest absolute Gasteiger partial charge is 0.354 e. The van der Waals surface area contributed by atoms with E-state index in [2.05, 4.69) is 69.5 Å². The molecule has 0 aliphatic heterocycles. The minimum Gasteiger partial charge on any atom is -0.354 e.